The fourth-order valence-corrected chi connectivity index (χ4v) is 4.56. The minimum absolute atomic E-state index is 0.0851. The van der Waals surface area contributed by atoms with Gasteiger partial charge in [0.2, 0.25) is 10.0 Å². The predicted molar refractivity (Wildman–Crippen MR) is 117 cm³/mol. The van der Waals surface area contributed by atoms with Gasteiger partial charge < -0.3 is 4.90 Å². The summed E-state index contributed by atoms with van der Waals surface area (Å²) >= 11 is 0. The molecule has 1 saturated heterocycles. The normalized spacial score (nSPS) is 17.0. The van der Waals surface area contributed by atoms with E-state index in [1.165, 1.54) is 33.0 Å². The van der Waals surface area contributed by atoms with Crippen molar-refractivity contribution < 1.29 is 26.4 Å². The molecule has 0 saturated carbocycles. The number of nitrogens with zero attached hydrogens (tertiary/aromatic N) is 3. The maximum Gasteiger partial charge on any atom is 0.268 e. The van der Waals surface area contributed by atoms with Gasteiger partial charge in [-0.15, -0.1) is 0 Å². The second kappa shape index (κ2) is 8.05. The van der Waals surface area contributed by atoms with Gasteiger partial charge in [0.05, 0.1) is 28.2 Å². The van der Waals surface area contributed by atoms with E-state index in [4.69, 9.17) is 0 Å². The standard InChI is InChI=1S/C22H23F3N4O3S/c1-22(2,3)33(31,32)27-21(30)15-12-26-29-10-8-18(19(25)20(15)29)28-9-4-5-17(28)14-11-13(23)6-7-16(14)24/h6-8,10-12,17H,4-5,9H2,1-3H3,(H,27,30). The topological polar surface area (TPSA) is 83.8 Å². The van der Waals surface area contributed by atoms with Gasteiger partial charge in [0, 0.05) is 18.3 Å². The molecule has 11 heteroatoms. The van der Waals surface area contributed by atoms with Crippen LogP contribution in [0.15, 0.2) is 36.7 Å². The van der Waals surface area contributed by atoms with Gasteiger partial charge in [-0.3, -0.25) is 4.79 Å². The van der Waals surface area contributed by atoms with Crippen molar-refractivity contribution in [3.05, 3.63) is 65.2 Å². The predicted octanol–water partition coefficient (Wildman–Crippen LogP) is 3.95. The molecule has 0 spiro atoms. The summed E-state index contributed by atoms with van der Waals surface area (Å²) in [5, 5.41) is 3.96. The molecule has 1 unspecified atom stereocenters. The molecule has 1 aliphatic rings. The van der Waals surface area contributed by atoms with Crippen molar-refractivity contribution in [2.75, 3.05) is 11.4 Å². The van der Waals surface area contributed by atoms with Crippen molar-refractivity contribution in [1.82, 2.24) is 14.3 Å². The number of halogens is 3. The van der Waals surface area contributed by atoms with Crippen LogP contribution in [0.25, 0.3) is 5.52 Å². The molecular formula is C22H23F3N4O3S. The molecule has 2 aromatic heterocycles. The van der Waals surface area contributed by atoms with Crippen molar-refractivity contribution in [3.63, 3.8) is 0 Å². The van der Waals surface area contributed by atoms with Crippen molar-refractivity contribution in [3.8, 4) is 0 Å². The van der Waals surface area contributed by atoms with Crippen molar-refractivity contribution in [2.45, 2.75) is 44.4 Å². The fourth-order valence-electron chi connectivity index (χ4n) is 3.90. The third-order valence-electron chi connectivity index (χ3n) is 5.76. The summed E-state index contributed by atoms with van der Waals surface area (Å²) < 4.78 is 70.5. The first kappa shape index (κ1) is 23.1. The number of anilines is 1. The average Bonchev–Trinajstić information content (AvgIpc) is 3.36. The molecule has 7 nitrogen and oxygen atoms in total. The first-order chi connectivity index (χ1) is 15.4. The summed E-state index contributed by atoms with van der Waals surface area (Å²) in [5.41, 5.74) is -0.259. The van der Waals surface area contributed by atoms with Gasteiger partial charge in [-0.2, -0.15) is 5.10 Å². The zero-order valence-electron chi connectivity index (χ0n) is 18.3. The zero-order chi connectivity index (χ0) is 24.1. The lowest BCUT2D eigenvalue weighted by Crippen LogP contribution is -2.42. The van der Waals surface area contributed by atoms with Crippen LogP contribution in [-0.2, 0) is 10.0 Å². The molecular weight excluding hydrogens is 457 g/mol. The van der Waals surface area contributed by atoms with Gasteiger partial charge in [0.15, 0.2) is 5.82 Å². The molecule has 0 aliphatic carbocycles. The van der Waals surface area contributed by atoms with E-state index >= 15 is 4.39 Å². The second-order valence-electron chi connectivity index (χ2n) is 8.93. The van der Waals surface area contributed by atoms with E-state index in [9.17, 15) is 22.0 Å². The van der Waals surface area contributed by atoms with Gasteiger partial charge in [-0.05, 0) is 57.9 Å². The van der Waals surface area contributed by atoms with Crippen LogP contribution in [0, 0.1) is 17.5 Å². The highest BCUT2D eigenvalue weighted by Gasteiger charge is 2.34. The molecule has 176 valence electrons. The van der Waals surface area contributed by atoms with Gasteiger partial charge in [-0.1, -0.05) is 0 Å². The van der Waals surface area contributed by atoms with Crippen LogP contribution in [0.5, 0.6) is 0 Å². The Bertz CT molecular complexity index is 1350. The molecule has 0 radical (unpaired) electrons. The Kier molecular flexibility index (Phi) is 5.63. The molecule has 1 amide bonds. The Hall–Kier alpha value is -3.08. The number of hydrogen-bond acceptors (Lipinski definition) is 5. The lowest BCUT2D eigenvalue weighted by atomic mass is 10.0. The Morgan fingerprint density at radius 3 is 2.61 bits per heavy atom. The van der Waals surface area contributed by atoms with Crippen LogP contribution in [0.1, 0.15) is 55.6 Å². The van der Waals surface area contributed by atoms with Gasteiger partial charge in [-0.25, -0.2) is 30.8 Å². The molecule has 33 heavy (non-hydrogen) atoms. The Balaban J connectivity index is 1.76. The van der Waals surface area contributed by atoms with E-state index in [2.05, 4.69) is 5.10 Å². The molecule has 1 aromatic carbocycles. The van der Waals surface area contributed by atoms with Gasteiger partial charge >= 0.3 is 0 Å². The molecule has 3 aromatic rings. The van der Waals surface area contributed by atoms with Gasteiger partial charge in [0.25, 0.3) is 5.91 Å². The third-order valence-corrected chi connectivity index (χ3v) is 7.83. The fraction of sp³-hybridized carbons (Fsp3) is 0.364. The highest BCUT2D eigenvalue weighted by molar-refractivity contribution is 7.91. The molecule has 0 bridgehead atoms. The number of nitrogens with one attached hydrogen (secondary N) is 1. The van der Waals surface area contributed by atoms with Gasteiger partial charge in [0.1, 0.15) is 17.2 Å². The van der Waals surface area contributed by atoms with Crippen molar-refractivity contribution in [2.24, 2.45) is 0 Å². The lowest BCUT2D eigenvalue weighted by molar-refractivity contribution is 0.0982. The number of benzene rings is 1. The Labute approximate surface area is 189 Å². The monoisotopic (exact) mass is 480 g/mol. The summed E-state index contributed by atoms with van der Waals surface area (Å²) in [5.74, 6) is -3.00. The smallest absolute Gasteiger partial charge is 0.268 e. The van der Waals surface area contributed by atoms with E-state index in [1.54, 1.807) is 4.90 Å². The van der Waals surface area contributed by atoms with Crippen LogP contribution >= 0.6 is 0 Å². The number of aromatic nitrogens is 2. The van der Waals surface area contributed by atoms with E-state index in [1.807, 2.05) is 4.72 Å². The van der Waals surface area contributed by atoms with Crippen LogP contribution in [-0.4, -0.2) is 35.2 Å². The minimum atomic E-state index is -4.03. The Morgan fingerprint density at radius 1 is 1.18 bits per heavy atom. The SMILES string of the molecule is CC(C)(C)S(=O)(=O)NC(=O)c1cnn2ccc(N3CCCC3c3cc(F)ccc3F)c(F)c12. The quantitative estimate of drug-likeness (QED) is 0.611. The first-order valence-corrected chi connectivity index (χ1v) is 11.8. The second-order valence-corrected chi connectivity index (χ2v) is 11.4. The number of carbonyl (C=O) groups is 1. The summed E-state index contributed by atoms with van der Waals surface area (Å²) in [4.78, 5) is 14.3. The number of amides is 1. The molecule has 1 N–H and O–H groups in total. The number of sulfonamides is 1. The highest BCUT2D eigenvalue weighted by Crippen LogP contribution is 2.39. The summed E-state index contributed by atoms with van der Waals surface area (Å²) in [6.07, 6.45) is 3.63. The van der Waals surface area contributed by atoms with Crippen molar-refractivity contribution >= 4 is 27.1 Å². The lowest BCUT2D eigenvalue weighted by Gasteiger charge is -2.28. The molecule has 1 fully saturated rings. The summed E-state index contributed by atoms with van der Waals surface area (Å²) in [6.45, 7) is 4.67. The zero-order valence-corrected chi connectivity index (χ0v) is 19.1. The first-order valence-electron chi connectivity index (χ1n) is 10.3. The van der Waals surface area contributed by atoms with Crippen molar-refractivity contribution in [1.29, 1.82) is 0 Å². The maximum absolute atomic E-state index is 15.7. The van der Waals surface area contributed by atoms with Crippen LogP contribution in [0.4, 0.5) is 18.9 Å². The van der Waals surface area contributed by atoms with Crippen LogP contribution < -0.4 is 9.62 Å². The summed E-state index contributed by atoms with van der Waals surface area (Å²) in [7, 11) is -4.03. The number of hydrogen-bond donors (Lipinski definition) is 1. The van der Waals surface area contributed by atoms with E-state index in [-0.39, 0.29) is 22.3 Å². The number of rotatable bonds is 4. The molecule has 1 atom stereocenters. The number of carbonyl (C=O) groups excluding carboxylic acids is 1. The third kappa shape index (κ3) is 4.05. The van der Waals surface area contributed by atoms with E-state index in [0.29, 0.717) is 19.4 Å². The van der Waals surface area contributed by atoms with E-state index in [0.717, 1.165) is 28.9 Å². The molecule has 1 aliphatic heterocycles. The highest BCUT2D eigenvalue weighted by atomic mass is 32.2. The number of fused-ring (bicyclic) bond motifs is 1. The van der Waals surface area contributed by atoms with Crippen LogP contribution in [0.3, 0.4) is 0 Å². The average molecular weight is 481 g/mol. The number of pyridine rings is 1. The minimum Gasteiger partial charge on any atom is -0.362 e. The molecule has 4 rings (SSSR count). The molecule has 3 heterocycles. The van der Waals surface area contributed by atoms with E-state index < -0.39 is 44.2 Å². The van der Waals surface area contributed by atoms with Crippen LogP contribution in [0.2, 0.25) is 0 Å². The summed E-state index contributed by atoms with van der Waals surface area (Å²) in [6, 6.07) is 4.00. The Morgan fingerprint density at radius 2 is 1.91 bits per heavy atom. The largest absolute Gasteiger partial charge is 0.362 e. The maximum atomic E-state index is 15.7.